The lowest BCUT2D eigenvalue weighted by molar-refractivity contribution is 0.241. The maximum Gasteiger partial charge on any atom is 0.122 e. The van der Waals surface area contributed by atoms with Crippen LogP contribution in [0, 0.1) is 20.8 Å². The normalized spacial score (nSPS) is 9.58. The second-order valence-electron chi connectivity index (χ2n) is 7.24. The van der Waals surface area contributed by atoms with Crippen LogP contribution in [0.3, 0.4) is 0 Å². The number of benzene rings is 3. The largest absolute Gasteiger partial charge is 0.497 e. The van der Waals surface area contributed by atoms with E-state index in [-0.39, 0.29) is 6.10 Å². The number of rotatable bonds is 5. The minimum absolute atomic E-state index is 0.260. The van der Waals surface area contributed by atoms with E-state index in [0.29, 0.717) is 0 Å². The highest BCUT2D eigenvalue weighted by molar-refractivity contribution is 5.39. The van der Waals surface area contributed by atoms with E-state index in [1.807, 2.05) is 88.4 Å². The van der Waals surface area contributed by atoms with Gasteiger partial charge in [-0.2, -0.15) is 0 Å². The molecule has 3 aromatic carbocycles. The third-order valence-corrected chi connectivity index (χ3v) is 4.37. The van der Waals surface area contributed by atoms with Crippen LogP contribution in [0.1, 0.15) is 30.5 Å². The Hall–Kier alpha value is -3.14. The molecule has 0 aromatic heterocycles. The number of para-hydroxylation sites is 2. The maximum atomic E-state index is 5.54. The highest BCUT2D eigenvalue weighted by Gasteiger charge is 1.99. The Labute approximate surface area is 187 Å². The third kappa shape index (κ3) is 9.47. The van der Waals surface area contributed by atoms with E-state index in [4.69, 9.17) is 18.9 Å². The van der Waals surface area contributed by atoms with Crippen LogP contribution in [0.15, 0.2) is 66.7 Å². The van der Waals surface area contributed by atoms with Gasteiger partial charge in [0.15, 0.2) is 0 Å². The lowest BCUT2D eigenvalue weighted by Gasteiger charge is -2.11. The number of aryl methyl sites for hydroxylation is 3. The van der Waals surface area contributed by atoms with E-state index in [1.165, 1.54) is 11.1 Å². The highest BCUT2D eigenvalue weighted by Crippen LogP contribution is 2.22. The van der Waals surface area contributed by atoms with E-state index < -0.39 is 0 Å². The first kappa shape index (κ1) is 25.9. The second kappa shape index (κ2) is 14.0. The summed E-state index contributed by atoms with van der Waals surface area (Å²) in [5, 5.41) is 0. The molecule has 0 saturated heterocycles. The SMILES string of the molecule is COc1ccc(OC)c(C)c1.COc1ccccc1C.Cc1ccccc1OC(C)C. The molecule has 3 rings (SSSR count). The molecule has 0 spiro atoms. The van der Waals surface area contributed by atoms with Crippen molar-refractivity contribution in [3.63, 3.8) is 0 Å². The van der Waals surface area contributed by atoms with Crippen molar-refractivity contribution in [1.29, 1.82) is 0 Å². The molecular weight excluding hydrogens is 388 g/mol. The molecule has 0 fully saturated rings. The van der Waals surface area contributed by atoms with Gasteiger partial charge < -0.3 is 18.9 Å². The van der Waals surface area contributed by atoms with Gasteiger partial charge in [-0.15, -0.1) is 0 Å². The summed E-state index contributed by atoms with van der Waals surface area (Å²) in [5.41, 5.74) is 3.47. The molecular formula is C27H36O4. The zero-order valence-corrected chi connectivity index (χ0v) is 20.1. The average molecular weight is 425 g/mol. The molecule has 0 radical (unpaired) electrons. The van der Waals surface area contributed by atoms with Crippen LogP contribution in [-0.4, -0.2) is 27.4 Å². The van der Waals surface area contributed by atoms with Gasteiger partial charge >= 0.3 is 0 Å². The summed E-state index contributed by atoms with van der Waals surface area (Å²) < 4.78 is 20.7. The maximum absolute atomic E-state index is 5.54. The number of hydrogen-bond acceptors (Lipinski definition) is 4. The van der Waals surface area contributed by atoms with Crippen LogP contribution in [-0.2, 0) is 0 Å². The molecule has 0 saturated carbocycles. The molecule has 0 amide bonds. The lowest BCUT2D eigenvalue weighted by atomic mass is 10.2. The van der Waals surface area contributed by atoms with E-state index in [9.17, 15) is 0 Å². The number of ether oxygens (including phenoxy) is 4. The van der Waals surface area contributed by atoms with E-state index in [0.717, 1.165) is 28.6 Å². The zero-order chi connectivity index (χ0) is 23.2. The van der Waals surface area contributed by atoms with E-state index >= 15 is 0 Å². The minimum atomic E-state index is 0.260. The highest BCUT2D eigenvalue weighted by atomic mass is 16.5. The van der Waals surface area contributed by atoms with Gasteiger partial charge in [-0.25, -0.2) is 0 Å². The Morgan fingerprint density at radius 2 is 1.03 bits per heavy atom. The molecule has 0 unspecified atom stereocenters. The predicted molar refractivity (Wildman–Crippen MR) is 129 cm³/mol. The fraction of sp³-hybridized carbons (Fsp3) is 0.333. The molecule has 0 heterocycles. The molecule has 0 N–H and O–H groups in total. The lowest BCUT2D eigenvalue weighted by Crippen LogP contribution is -2.06. The van der Waals surface area contributed by atoms with E-state index in [2.05, 4.69) is 13.0 Å². The van der Waals surface area contributed by atoms with Crippen LogP contribution < -0.4 is 18.9 Å². The number of methoxy groups -OCH3 is 3. The summed E-state index contributed by atoms with van der Waals surface area (Å²) in [4.78, 5) is 0. The molecule has 0 aliphatic rings. The molecule has 0 bridgehead atoms. The number of hydrogen-bond donors (Lipinski definition) is 0. The van der Waals surface area contributed by atoms with Gasteiger partial charge in [-0.1, -0.05) is 36.4 Å². The topological polar surface area (TPSA) is 36.9 Å². The summed E-state index contributed by atoms with van der Waals surface area (Å²) in [6.07, 6.45) is 0.260. The summed E-state index contributed by atoms with van der Waals surface area (Å²) in [5.74, 6) is 3.70. The first-order chi connectivity index (χ1) is 14.8. The predicted octanol–water partition coefficient (Wildman–Crippen LogP) is 6.80. The first-order valence-corrected chi connectivity index (χ1v) is 10.3. The summed E-state index contributed by atoms with van der Waals surface area (Å²) in [7, 11) is 5.00. The van der Waals surface area contributed by atoms with Crippen molar-refractivity contribution < 1.29 is 18.9 Å². The summed E-state index contributed by atoms with van der Waals surface area (Å²) in [6, 6.07) is 21.7. The Balaban J connectivity index is 0.000000234. The van der Waals surface area contributed by atoms with Gasteiger partial charge in [0, 0.05) is 0 Å². The zero-order valence-electron chi connectivity index (χ0n) is 20.1. The third-order valence-electron chi connectivity index (χ3n) is 4.37. The summed E-state index contributed by atoms with van der Waals surface area (Å²) in [6.45, 7) is 10.1. The van der Waals surface area contributed by atoms with Gasteiger partial charge in [0.25, 0.3) is 0 Å². The smallest absolute Gasteiger partial charge is 0.122 e. The van der Waals surface area contributed by atoms with Gasteiger partial charge in [-0.3, -0.25) is 0 Å². The Bertz CT molecular complexity index is 903. The monoisotopic (exact) mass is 424 g/mol. The average Bonchev–Trinajstić information content (AvgIpc) is 2.76. The summed E-state index contributed by atoms with van der Waals surface area (Å²) >= 11 is 0. The molecule has 4 heteroatoms. The molecule has 168 valence electrons. The van der Waals surface area contributed by atoms with Crippen LogP contribution >= 0.6 is 0 Å². The Kier molecular flexibility index (Phi) is 11.7. The quantitative estimate of drug-likeness (QED) is 0.451. The van der Waals surface area contributed by atoms with Crippen LogP contribution in [0.4, 0.5) is 0 Å². The van der Waals surface area contributed by atoms with Crippen molar-refractivity contribution in [3.05, 3.63) is 83.4 Å². The fourth-order valence-electron chi connectivity index (χ4n) is 2.71. The Morgan fingerprint density at radius 1 is 0.548 bits per heavy atom. The molecule has 0 atom stereocenters. The Morgan fingerprint density at radius 3 is 1.42 bits per heavy atom. The van der Waals surface area contributed by atoms with Crippen molar-refractivity contribution in [2.75, 3.05) is 21.3 Å². The van der Waals surface area contributed by atoms with E-state index in [1.54, 1.807) is 21.3 Å². The van der Waals surface area contributed by atoms with Crippen LogP contribution in [0.25, 0.3) is 0 Å². The van der Waals surface area contributed by atoms with Crippen molar-refractivity contribution in [2.24, 2.45) is 0 Å². The second-order valence-corrected chi connectivity index (χ2v) is 7.24. The molecule has 0 aliphatic heterocycles. The van der Waals surface area contributed by atoms with Gasteiger partial charge in [0.05, 0.1) is 27.4 Å². The van der Waals surface area contributed by atoms with Crippen molar-refractivity contribution in [1.82, 2.24) is 0 Å². The molecule has 31 heavy (non-hydrogen) atoms. The minimum Gasteiger partial charge on any atom is -0.497 e. The van der Waals surface area contributed by atoms with Crippen LogP contribution in [0.5, 0.6) is 23.0 Å². The van der Waals surface area contributed by atoms with Crippen molar-refractivity contribution in [2.45, 2.75) is 40.7 Å². The molecule has 3 aromatic rings. The van der Waals surface area contributed by atoms with Gasteiger partial charge in [-0.05, 0) is 81.6 Å². The van der Waals surface area contributed by atoms with Gasteiger partial charge in [0.2, 0.25) is 0 Å². The van der Waals surface area contributed by atoms with Crippen molar-refractivity contribution in [3.8, 4) is 23.0 Å². The molecule has 4 nitrogen and oxygen atoms in total. The van der Waals surface area contributed by atoms with Crippen LogP contribution in [0.2, 0.25) is 0 Å². The molecule has 0 aliphatic carbocycles. The standard InChI is InChI=1S/C10H14O.C9H12O2.C8H10O/c1-8(2)11-10-7-5-4-6-9(10)3;1-7-6-8(10-2)4-5-9(7)11-3;1-7-5-3-4-6-8(7)9-2/h4-8H,1-3H3;4-6H,1-3H3;3-6H,1-2H3. The fourth-order valence-corrected chi connectivity index (χ4v) is 2.71. The first-order valence-electron chi connectivity index (χ1n) is 10.3. The van der Waals surface area contributed by atoms with Crippen molar-refractivity contribution >= 4 is 0 Å². The van der Waals surface area contributed by atoms with Gasteiger partial charge in [0.1, 0.15) is 23.0 Å².